The van der Waals surface area contributed by atoms with Crippen molar-refractivity contribution >= 4 is 57.1 Å². The van der Waals surface area contributed by atoms with Crippen LogP contribution in [0.3, 0.4) is 0 Å². The number of benzene rings is 2. The van der Waals surface area contributed by atoms with Crippen LogP contribution in [0.5, 0.6) is 11.5 Å². The Balaban J connectivity index is 1.86. The molecule has 1 fully saturated rings. The molecule has 4 rings (SSSR count). The Bertz CT molecular complexity index is 1080. The van der Waals surface area contributed by atoms with Crippen LogP contribution in [0.25, 0.3) is 5.57 Å². The number of carbonyl (C=O) groups excluding carboxylic acids is 2. The zero-order chi connectivity index (χ0) is 20.7. The summed E-state index contributed by atoms with van der Waals surface area (Å²) in [5, 5.41) is 9.64. The van der Waals surface area contributed by atoms with Crippen LogP contribution in [-0.4, -0.2) is 42.2 Å². The summed E-state index contributed by atoms with van der Waals surface area (Å²) in [6, 6.07) is 12.1. The summed E-state index contributed by atoms with van der Waals surface area (Å²) in [6.07, 6.45) is 0. The summed E-state index contributed by atoms with van der Waals surface area (Å²) >= 11 is 6.51. The van der Waals surface area contributed by atoms with Crippen LogP contribution in [0.1, 0.15) is 5.56 Å². The first-order valence-corrected chi connectivity index (χ1v) is 9.79. The summed E-state index contributed by atoms with van der Waals surface area (Å²) in [4.78, 5) is 29.1. The highest BCUT2D eigenvalue weighted by molar-refractivity contribution is 8.27. The minimum Gasteiger partial charge on any atom is -0.497 e. The van der Waals surface area contributed by atoms with Gasteiger partial charge in [-0.05, 0) is 18.2 Å². The van der Waals surface area contributed by atoms with Gasteiger partial charge in [-0.3, -0.25) is 19.4 Å². The first kappa shape index (κ1) is 19.4. The van der Waals surface area contributed by atoms with Gasteiger partial charge in [-0.25, -0.2) is 0 Å². The fraction of sp³-hybridized carbons (Fsp3) is 0.150. The molecule has 0 aliphatic carbocycles. The minimum atomic E-state index is -0.483. The predicted molar refractivity (Wildman–Crippen MR) is 115 cm³/mol. The SMILES string of the molecule is COc1ccc(OC)c(N2C(=O)C(=C3C(=O)N(CO)c4ccccc43)SC2=S)c1. The van der Waals surface area contributed by atoms with E-state index in [1.165, 1.54) is 24.0 Å². The normalized spacial score (nSPS) is 18.5. The van der Waals surface area contributed by atoms with E-state index in [1.807, 2.05) is 0 Å². The quantitative estimate of drug-likeness (QED) is 0.593. The van der Waals surface area contributed by atoms with Gasteiger partial charge in [0.15, 0.2) is 4.32 Å². The van der Waals surface area contributed by atoms with E-state index in [0.717, 1.165) is 11.8 Å². The molecule has 29 heavy (non-hydrogen) atoms. The number of aliphatic hydroxyl groups is 1. The highest BCUT2D eigenvalue weighted by atomic mass is 32.2. The van der Waals surface area contributed by atoms with E-state index in [4.69, 9.17) is 21.7 Å². The van der Waals surface area contributed by atoms with Crippen molar-refractivity contribution in [3.63, 3.8) is 0 Å². The zero-order valence-corrected chi connectivity index (χ0v) is 17.2. The van der Waals surface area contributed by atoms with Gasteiger partial charge in [-0.2, -0.15) is 0 Å². The van der Waals surface area contributed by atoms with Crippen molar-refractivity contribution in [1.82, 2.24) is 0 Å². The summed E-state index contributed by atoms with van der Waals surface area (Å²) in [6.45, 7) is -0.483. The number of anilines is 2. The second-order valence-electron chi connectivity index (χ2n) is 6.14. The fourth-order valence-corrected chi connectivity index (χ4v) is 4.69. The molecule has 2 aromatic rings. The number of thioether (sulfide) groups is 1. The molecule has 148 valence electrons. The number of aliphatic hydroxyl groups excluding tert-OH is 1. The molecule has 0 spiro atoms. The molecule has 0 bridgehead atoms. The monoisotopic (exact) mass is 428 g/mol. The lowest BCUT2D eigenvalue weighted by molar-refractivity contribution is -0.115. The third-order valence-corrected chi connectivity index (χ3v) is 6.06. The summed E-state index contributed by atoms with van der Waals surface area (Å²) < 4.78 is 10.9. The van der Waals surface area contributed by atoms with E-state index >= 15 is 0 Å². The lowest BCUT2D eigenvalue weighted by atomic mass is 10.1. The molecule has 2 amide bonds. The van der Waals surface area contributed by atoms with E-state index < -0.39 is 18.5 Å². The van der Waals surface area contributed by atoms with Crippen molar-refractivity contribution in [2.24, 2.45) is 0 Å². The van der Waals surface area contributed by atoms with E-state index in [-0.39, 0.29) is 14.8 Å². The third-order valence-electron chi connectivity index (χ3n) is 4.69. The smallest absolute Gasteiger partial charge is 0.271 e. The Hall–Kier alpha value is -2.88. The topological polar surface area (TPSA) is 79.3 Å². The second kappa shape index (κ2) is 7.51. The van der Waals surface area contributed by atoms with Gasteiger partial charge in [0.25, 0.3) is 11.8 Å². The van der Waals surface area contributed by atoms with Crippen LogP contribution in [0.2, 0.25) is 0 Å². The standard InChI is InChI=1S/C20H16N2O5S2/c1-26-11-7-8-15(27-2)14(9-11)22-19(25)17(29-20(22)28)16-12-5-3-4-6-13(12)21(10-23)18(16)24/h3-9,23H,10H2,1-2H3. The van der Waals surface area contributed by atoms with Gasteiger partial charge in [-0.15, -0.1) is 0 Å². The number of rotatable bonds is 4. The van der Waals surface area contributed by atoms with Gasteiger partial charge >= 0.3 is 0 Å². The lowest BCUT2D eigenvalue weighted by Crippen LogP contribution is -2.30. The number of nitrogens with zero attached hydrogens (tertiary/aromatic N) is 2. The van der Waals surface area contributed by atoms with Crippen LogP contribution in [-0.2, 0) is 9.59 Å². The number of hydrogen-bond acceptors (Lipinski definition) is 7. The second-order valence-corrected chi connectivity index (χ2v) is 7.79. The maximum atomic E-state index is 13.4. The van der Waals surface area contributed by atoms with E-state index in [0.29, 0.717) is 28.4 Å². The average molecular weight is 428 g/mol. The largest absolute Gasteiger partial charge is 0.497 e. The molecule has 9 heteroatoms. The van der Waals surface area contributed by atoms with E-state index in [9.17, 15) is 14.7 Å². The van der Waals surface area contributed by atoms with Crippen LogP contribution in [0.4, 0.5) is 11.4 Å². The van der Waals surface area contributed by atoms with Gasteiger partial charge in [0.2, 0.25) is 0 Å². The minimum absolute atomic E-state index is 0.216. The molecule has 0 aromatic heterocycles. The molecule has 1 N–H and O–H groups in total. The molecular weight excluding hydrogens is 412 g/mol. The van der Waals surface area contributed by atoms with Gasteiger partial charge < -0.3 is 14.6 Å². The van der Waals surface area contributed by atoms with Crippen molar-refractivity contribution in [2.45, 2.75) is 0 Å². The molecule has 0 unspecified atom stereocenters. The molecule has 2 aliphatic heterocycles. The van der Waals surface area contributed by atoms with Gasteiger partial charge in [0, 0.05) is 11.6 Å². The maximum absolute atomic E-state index is 13.4. The van der Waals surface area contributed by atoms with Crippen LogP contribution < -0.4 is 19.3 Å². The molecule has 0 radical (unpaired) electrons. The predicted octanol–water partition coefficient (Wildman–Crippen LogP) is 2.78. The van der Waals surface area contributed by atoms with Crippen molar-refractivity contribution in [1.29, 1.82) is 0 Å². The zero-order valence-electron chi connectivity index (χ0n) is 15.5. The third kappa shape index (κ3) is 2.98. The summed E-state index contributed by atoms with van der Waals surface area (Å²) in [7, 11) is 3.02. The highest BCUT2D eigenvalue weighted by Crippen LogP contribution is 2.47. The number of methoxy groups -OCH3 is 2. The number of para-hydroxylation sites is 1. The Labute approximate surface area is 176 Å². The van der Waals surface area contributed by atoms with Crippen molar-refractivity contribution in [3.05, 3.63) is 52.9 Å². The maximum Gasteiger partial charge on any atom is 0.271 e. The van der Waals surface area contributed by atoms with E-state index in [2.05, 4.69) is 0 Å². The number of hydrogen-bond donors (Lipinski definition) is 1. The van der Waals surface area contributed by atoms with Crippen LogP contribution in [0, 0.1) is 0 Å². The molecule has 2 aromatic carbocycles. The Morgan fingerprint density at radius 3 is 2.48 bits per heavy atom. The van der Waals surface area contributed by atoms with Crippen molar-refractivity contribution in [3.8, 4) is 11.5 Å². The number of carbonyl (C=O) groups is 2. The van der Waals surface area contributed by atoms with Gasteiger partial charge in [0.1, 0.15) is 18.2 Å². The molecular formula is C20H16N2O5S2. The van der Waals surface area contributed by atoms with Gasteiger partial charge in [-0.1, -0.05) is 42.2 Å². The van der Waals surface area contributed by atoms with Crippen molar-refractivity contribution in [2.75, 3.05) is 30.8 Å². The molecule has 2 aliphatic rings. The van der Waals surface area contributed by atoms with Gasteiger partial charge in [0.05, 0.1) is 36.1 Å². The van der Waals surface area contributed by atoms with E-state index in [1.54, 1.807) is 42.5 Å². The molecule has 1 saturated heterocycles. The Morgan fingerprint density at radius 2 is 1.79 bits per heavy atom. The van der Waals surface area contributed by atoms with Crippen molar-refractivity contribution < 1.29 is 24.2 Å². The fourth-order valence-electron chi connectivity index (χ4n) is 3.34. The van der Waals surface area contributed by atoms with Crippen LogP contribution >= 0.6 is 24.0 Å². The lowest BCUT2D eigenvalue weighted by Gasteiger charge is -2.18. The number of amides is 2. The first-order chi connectivity index (χ1) is 14.0. The summed E-state index contributed by atoms with van der Waals surface area (Å²) in [5.74, 6) is 0.121. The summed E-state index contributed by atoms with van der Waals surface area (Å²) in [5.41, 5.74) is 1.81. The molecule has 0 atom stereocenters. The van der Waals surface area contributed by atoms with Crippen LogP contribution in [0.15, 0.2) is 47.4 Å². The Kier molecular flexibility index (Phi) is 5.03. The first-order valence-electron chi connectivity index (χ1n) is 8.56. The Morgan fingerprint density at radius 1 is 1.03 bits per heavy atom. The molecule has 0 saturated carbocycles. The number of ether oxygens (including phenoxy) is 2. The molecule has 2 heterocycles. The number of fused-ring (bicyclic) bond motifs is 1. The number of thiocarbonyl (C=S) groups is 1. The molecule has 7 nitrogen and oxygen atoms in total. The average Bonchev–Trinajstić information content (AvgIpc) is 3.18. The highest BCUT2D eigenvalue weighted by Gasteiger charge is 2.43.